The van der Waals surface area contributed by atoms with Gasteiger partial charge in [0.15, 0.2) is 0 Å². The molecular weight excluding hydrogens is 328 g/mol. The lowest BCUT2D eigenvalue weighted by Crippen LogP contribution is -2.15. The smallest absolute Gasteiger partial charge is 0.139 e. The first-order chi connectivity index (χ1) is 9.80. The molecule has 0 aliphatic rings. The van der Waals surface area contributed by atoms with Crippen LogP contribution in [0.4, 0.5) is 0 Å². The molecular formula is C17H19BrN2O. The molecule has 0 unspecified atom stereocenters. The predicted octanol–water partition coefficient (Wildman–Crippen LogP) is 4.82. The summed E-state index contributed by atoms with van der Waals surface area (Å²) in [5, 5.41) is 7.73. The van der Waals surface area contributed by atoms with Crippen LogP contribution in [0.1, 0.15) is 31.9 Å². The monoisotopic (exact) mass is 346 g/mol. The van der Waals surface area contributed by atoms with Crippen LogP contribution in [0.5, 0.6) is 11.5 Å². The van der Waals surface area contributed by atoms with Crippen molar-refractivity contribution in [1.29, 1.82) is 5.41 Å². The summed E-state index contributed by atoms with van der Waals surface area (Å²) in [5.74, 6) is 1.34. The van der Waals surface area contributed by atoms with Crippen LogP contribution in [0.2, 0.25) is 0 Å². The molecule has 0 atom stereocenters. The summed E-state index contributed by atoms with van der Waals surface area (Å²) in [6.45, 7) is 6.42. The van der Waals surface area contributed by atoms with E-state index in [2.05, 4.69) is 42.8 Å². The normalized spacial score (nSPS) is 11.2. The van der Waals surface area contributed by atoms with Crippen molar-refractivity contribution in [3.8, 4) is 11.5 Å². The van der Waals surface area contributed by atoms with Crippen molar-refractivity contribution in [2.24, 2.45) is 5.73 Å². The fourth-order valence-electron chi connectivity index (χ4n) is 2.14. The molecule has 0 saturated heterocycles. The highest BCUT2D eigenvalue weighted by Crippen LogP contribution is 2.36. The third-order valence-electron chi connectivity index (χ3n) is 3.16. The van der Waals surface area contributed by atoms with E-state index in [0.29, 0.717) is 11.3 Å². The van der Waals surface area contributed by atoms with Crippen LogP contribution in [-0.4, -0.2) is 5.84 Å². The van der Waals surface area contributed by atoms with Crippen molar-refractivity contribution >= 4 is 21.8 Å². The average Bonchev–Trinajstić information content (AvgIpc) is 2.37. The van der Waals surface area contributed by atoms with Crippen LogP contribution < -0.4 is 10.5 Å². The molecule has 0 aliphatic heterocycles. The average molecular weight is 347 g/mol. The van der Waals surface area contributed by atoms with Crippen molar-refractivity contribution in [2.75, 3.05) is 0 Å². The molecule has 0 spiro atoms. The molecule has 2 aromatic carbocycles. The summed E-state index contributed by atoms with van der Waals surface area (Å²) in [7, 11) is 0. The molecule has 0 fully saturated rings. The molecule has 2 aromatic rings. The number of ether oxygens (including phenoxy) is 1. The van der Waals surface area contributed by atoms with Crippen LogP contribution >= 0.6 is 15.9 Å². The predicted molar refractivity (Wildman–Crippen MR) is 90.4 cm³/mol. The maximum Gasteiger partial charge on any atom is 0.139 e. The Morgan fingerprint density at radius 2 is 1.67 bits per heavy atom. The van der Waals surface area contributed by atoms with Crippen LogP contribution in [0, 0.1) is 5.41 Å². The second-order valence-electron chi connectivity index (χ2n) is 5.87. The fraction of sp³-hybridized carbons (Fsp3) is 0.235. The molecule has 0 aliphatic carbocycles. The molecule has 4 heteroatoms. The maximum absolute atomic E-state index is 7.73. The van der Waals surface area contributed by atoms with Gasteiger partial charge in [-0.3, -0.25) is 5.41 Å². The summed E-state index contributed by atoms with van der Waals surface area (Å²) in [4.78, 5) is 0. The van der Waals surface area contributed by atoms with Crippen molar-refractivity contribution in [1.82, 2.24) is 0 Å². The van der Waals surface area contributed by atoms with Gasteiger partial charge in [-0.25, -0.2) is 0 Å². The number of hydrogen-bond donors (Lipinski definition) is 2. The summed E-state index contributed by atoms with van der Waals surface area (Å²) < 4.78 is 6.81. The van der Waals surface area contributed by atoms with Gasteiger partial charge in [0.2, 0.25) is 0 Å². The highest BCUT2D eigenvalue weighted by molar-refractivity contribution is 9.10. The van der Waals surface area contributed by atoms with E-state index < -0.39 is 0 Å². The Hall–Kier alpha value is -1.81. The SMILES string of the molecule is CC(C)(C)c1ccccc1Oc1cccc(Br)c1C(=N)N. The minimum atomic E-state index is -0.0288. The lowest BCUT2D eigenvalue weighted by molar-refractivity contribution is 0.454. The van der Waals surface area contributed by atoms with Crippen LogP contribution in [0.25, 0.3) is 0 Å². The van der Waals surface area contributed by atoms with Gasteiger partial charge in [-0.15, -0.1) is 0 Å². The fourth-order valence-corrected chi connectivity index (χ4v) is 2.71. The molecule has 21 heavy (non-hydrogen) atoms. The minimum Gasteiger partial charge on any atom is -0.456 e. The van der Waals surface area contributed by atoms with Gasteiger partial charge in [-0.2, -0.15) is 0 Å². The zero-order chi connectivity index (χ0) is 15.6. The van der Waals surface area contributed by atoms with Gasteiger partial charge < -0.3 is 10.5 Å². The largest absolute Gasteiger partial charge is 0.456 e. The van der Waals surface area contributed by atoms with E-state index in [9.17, 15) is 0 Å². The van der Waals surface area contributed by atoms with Gasteiger partial charge in [0.05, 0.1) is 5.56 Å². The number of halogens is 1. The first-order valence-electron chi connectivity index (χ1n) is 6.71. The number of para-hydroxylation sites is 1. The Labute approximate surface area is 133 Å². The van der Waals surface area contributed by atoms with E-state index in [1.54, 1.807) is 0 Å². The van der Waals surface area contributed by atoms with Crippen molar-refractivity contribution in [3.63, 3.8) is 0 Å². The molecule has 3 nitrogen and oxygen atoms in total. The van der Waals surface area contributed by atoms with Crippen molar-refractivity contribution in [2.45, 2.75) is 26.2 Å². The maximum atomic E-state index is 7.73. The first-order valence-corrected chi connectivity index (χ1v) is 7.50. The third kappa shape index (κ3) is 3.45. The zero-order valence-corrected chi connectivity index (χ0v) is 14.0. The number of nitrogens with one attached hydrogen (secondary N) is 1. The van der Waals surface area contributed by atoms with Crippen LogP contribution in [0.3, 0.4) is 0 Å². The molecule has 110 valence electrons. The third-order valence-corrected chi connectivity index (χ3v) is 3.82. The standard InChI is InChI=1S/C17H19BrN2O/c1-17(2,3)11-7-4-5-9-13(11)21-14-10-6-8-12(18)15(14)16(19)20/h4-10H,1-3H3,(H3,19,20). The summed E-state index contributed by atoms with van der Waals surface area (Å²) >= 11 is 3.42. The van der Waals surface area contributed by atoms with Crippen LogP contribution in [0.15, 0.2) is 46.9 Å². The first kappa shape index (κ1) is 15.6. The van der Waals surface area contributed by atoms with E-state index in [4.69, 9.17) is 15.9 Å². The van der Waals surface area contributed by atoms with E-state index >= 15 is 0 Å². The summed E-state index contributed by atoms with van der Waals surface area (Å²) in [5.41, 5.74) is 7.32. The van der Waals surface area contributed by atoms with E-state index in [1.165, 1.54) is 0 Å². The molecule has 3 N–H and O–H groups in total. The van der Waals surface area contributed by atoms with Gasteiger partial charge in [-0.1, -0.05) is 45.0 Å². The molecule has 0 saturated carbocycles. The second-order valence-corrected chi connectivity index (χ2v) is 6.73. The Morgan fingerprint density at radius 1 is 1.05 bits per heavy atom. The number of nitrogens with two attached hydrogens (primary N) is 1. The lowest BCUT2D eigenvalue weighted by atomic mass is 9.86. The Balaban J connectivity index is 2.50. The number of benzene rings is 2. The molecule has 2 rings (SSSR count). The van der Waals surface area contributed by atoms with Crippen molar-refractivity contribution < 1.29 is 4.74 Å². The van der Waals surface area contributed by atoms with Gasteiger partial charge in [0, 0.05) is 10.0 Å². The molecule has 0 heterocycles. The van der Waals surface area contributed by atoms with Gasteiger partial charge in [0.1, 0.15) is 17.3 Å². The van der Waals surface area contributed by atoms with Gasteiger partial charge in [0.25, 0.3) is 0 Å². The quantitative estimate of drug-likeness (QED) is 0.618. The number of amidine groups is 1. The molecule has 0 amide bonds. The molecule has 0 bridgehead atoms. The number of hydrogen-bond acceptors (Lipinski definition) is 2. The number of rotatable bonds is 3. The molecule has 0 radical (unpaired) electrons. The van der Waals surface area contributed by atoms with Crippen LogP contribution in [-0.2, 0) is 5.41 Å². The van der Waals surface area contributed by atoms with E-state index in [-0.39, 0.29) is 11.3 Å². The van der Waals surface area contributed by atoms with E-state index in [1.807, 2.05) is 36.4 Å². The highest BCUT2D eigenvalue weighted by Gasteiger charge is 2.20. The minimum absolute atomic E-state index is 0.0225. The topological polar surface area (TPSA) is 59.1 Å². The summed E-state index contributed by atoms with van der Waals surface area (Å²) in [6.07, 6.45) is 0. The second kappa shape index (κ2) is 5.90. The Bertz CT molecular complexity index is 675. The van der Waals surface area contributed by atoms with Gasteiger partial charge >= 0.3 is 0 Å². The lowest BCUT2D eigenvalue weighted by Gasteiger charge is -2.23. The summed E-state index contributed by atoms with van der Waals surface area (Å²) in [6, 6.07) is 13.5. The zero-order valence-electron chi connectivity index (χ0n) is 12.4. The molecule has 0 aromatic heterocycles. The Morgan fingerprint density at radius 3 is 2.29 bits per heavy atom. The van der Waals surface area contributed by atoms with Gasteiger partial charge in [-0.05, 0) is 39.5 Å². The Kier molecular flexibility index (Phi) is 4.37. The highest BCUT2D eigenvalue weighted by atomic mass is 79.9. The number of nitrogen functional groups attached to an aromatic ring is 1. The van der Waals surface area contributed by atoms with Crippen molar-refractivity contribution in [3.05, 3.63) is 58.1 Å². The van der Waals surface area contributed by atoms with E-state index in [0.717, 1.165) is 15.8 Å².